The van der Waals surface area contributed by atoms with Gasteiger partial charge in [0.05, 0.1) is 39.9 Å². The molecular weight excluding hydrogens is 792 g/mol. The topological polar surface area (TPSA) is 105 Å². The van der Waals surface area contributed by atoms with Gasteiger partial charge in [-0.2, -0.15) is 0 Å². The summed E-state index contributed by atoms with van der Waals surface area (Å²) in [6.07, 6.45) is 63.1. The number of hydrogen-bond acceptors (Lipinski definition) is 5. The average Bonchev–Trinajstić information content (AvgIpc) is 3.23. The van der Waals surface area contributed by atoms with Gasteiger partial charge in [-0.25, -0.2) is 4.57 Å². The molecule has 0 rings (SSSR count). The molecule has 9 heteroatoms. The number of rotatable bonds is 42. The second-order valence-electron chi connectivity index (χ2n) is 17.1. The summed E-state index contributed by atoms with van der Waals surface area (Å²) in [5.74, 6) is -0.207. The number of allylic oxidation sites excluding steroid dienone is 17. The molecule has 0 spiro atoms. The summed E-state index contributed by atoms with van der Waals surface area (Å²) in [6.45, 7) is 4.60. The van der Waals surface area contributed by atoms with Crippen molar-refractivity contribution in [3.8, 4) is 0 Å². The Bertz CT molecular complexity index is 1370. The van der Waals surface area contributed by atoms with Gasteiger partial charge in [-0.3, -0.25) is 13.8 Å². The number of quaternary nitrogens is 1. The molecule has 8 nitrogen and oxygen atoms in total. The number of phosphoric acid groups is 1. The summed E-state index contributed by atoms with van der Waals surface area (Å²) < 4.78 is 23.5. The Kier molecular flexibility index (Phi) is 41.4. The van der Waals surface area contributed by atoms with E-state index in [9.17, 15) is 19.4 Å². The van der Waals surface area contributed by atoms with Gasteiger partial charge in [-0.15, -0.1) is 0 Å². The molecule has 1 amide bonds. The number of carbonyl (C=O) groups excluding carboxylic acids is 1. The lowest BCUT2D eigenvalue weighted by Gasteiger charge is -2.25. The Balaban J connectivity index is 4.35. The van der Waals surface area contributed by atoms with E-state index in [0.717, 1.165) is 103 Å². The number of carbonyl (C=O) groups is 1. The van der Waals surface area contributed by atoms with Crippen LogP contribution in [0.2, 0.25) is 0 Å². The predicted octanol–water partition coefficient (Wildman–Crippen LogP) is 14.1. The predicted molar refractivity (Wildman–Crippen MR) is 267 cm³/mol. The van der Waals surface area contributed by atoms with E-state index in [2.05, 4.69) is 116 Å². The molecule has 0 aromatic heterocycles. The van der Waals surface area contributed by atoms with Gasteiger partial charge < -0.3 is 19.8 Å². The Morgan fingerprint density at radius 2 is 0.984 bits per heavy atom. The molecule has 62 heavy (non-hydrogen) atoms. The van der Waals surface area contributed by atoms with E-state index in [1.165, 1.54) is 44.9 Å². The number of nitrogens with one attached hydrogen (secondary N) is 1. The molecule has 0 saturated heterocycles. The summed E-state index contributed by atoms with van der Waals surface area (Å²) in [5.41, 5.74) is 0. The second kappa shape index (κ2) is 43.4. The van der Waals surface area contributed by atoms with Crippen molar-refractivity contribution in [2.24, 2.45) is 0 Å². The van der Waals surface area contributed by atoms with Gasteiger partial charge in [0.1, 0.15) is 13.2 Å². The number of aliphatic hydroxyl groups excluding tert-OH is 1. The molecule has 354 valence electrons. The smallest absolute Gasteiger partial charge is 0.387 e. The normalized spacial score (nSPS) is 15.1. The van der Waals surface area contributed by atoms with Crippen LogP contribution in [0.1, 0.15) is 168 Å². The molecule has 3 atom stereocenters. The fourth-order valence-corrected chi connectivity index (χ4v) is 6.87. The van der Waals surface area contributed by atoms with Crippen molar-refractivity contribution in [2.45, 2.75) is 180 Å². The Hall–Kier alpha value is -2.84. The average molecular weight is 884 g/mol. The van der Waals surface area contributed by atoms with E-state index in [0.29, 0.717) is 17.4 Å². The lowest BCUT2D eigenvalue weighted by molar-refractivity contribution is -0.870. The van der Waals surface area contributed by atoms with Gasteiger partial charge in [0.25, 0.3) is 0 Å². The Labute approximate surface area is 381 Å². The highest BCUT2D eigenvalue weighted by molar-refractivity contribution is 7.47. The highest BCUT2D eigenvalue weighted by atomic mass is 31.2. The van der Waals surface area contributed by atoms with E-state index in [1.807, 2.05) is 27.2 Å². The van der Waals surface area contributed by atoms with Crippen molar-refractivity contribution in [3.05, 3.63) is 109 Å². The van der Waals surface area contributed by atoms with Crippen molar-refractivity contribution >= 4 is 13.7 Å². The van der Waals surface area contributed by atoms with E-state index in [1.54, 1.807) is 6.08 Å². The molecular formula is C53H92N2O6P+. The third kappa shape index (κ3) is 45.2. The second-order valence-corrected chi connectivity index (χ2v) is 18.5. The van der Waals surface area contributed by atoms with Gasteiger partial charge in [0.2, 0.25) is 5.91 Å². The number of phosphoric ester groups is 1. The third-order valence-electron chi connectivity index (χ3n) is 9.95. The van der Waals surface area contributed by atoms with Crippen LogP contribution in [-0.2, 0) is 18.4 Å². The zero-order valence-corrected chi connectivity index (χ0v) is 41.0. The first-order chi connectivity index (χ1) is 30.0. The monoisotopic (exact) mass is 884 g/mol. The van der Waals surface area contributed by atoms with Crippen LogP contribution in [0.15, 0.2) is 109 Å². The standard InChI is InChI=1S/C53H91N2O6P/c1-6-8-10-12-14-16-18-20-21-22-23-24-25-26-27-28-29-30-31-32-33-35-37-39-41-43-45-47-53(57)54-51(50-61-62(58,59)60-49-48-55(3,4)5)52(56)46-44-42-40-38-36-34-19-17-15-13-11-9-7-2/h8,10,14-17,20-21,23-24,26-27,29-30,36,38,44,46,51-52,56H,6-7,9,11-13,18-19,22,25,28,31-35,37,39-43,45,47-50H2,1-5H3,(H-,54,57,58,59)/p+1/b10-8-,16-14-,17-15+,21-20-,24-23-,27-26-,30-29-,38-36+,46-44+. The number of nitrogens with zero attached hydrogens (tertiary/aromatic N) is 1. The minimum absolute atomic E-state index is 0.0455. The maximum atomic E-state index is 12.9. The van der Waals surface area contributed by atoms with Gasteiger partial charge in [-0.05, 0) is 96.3 Å². The zero-order chi connectivity index (χ0) is 45.7. The van der Waals surface area contributed by atoms with Crippen molar-refractivity contribution in [2.75, 3.05) is 40.9 Å². The molecule has 0 aliphatic rings. The van der Waals surface area contributed by atoms with Crippen LogP contribution in [0, 0.1) is 0 Å². The number of aliphatic hydroxyl groups is 1. The Morgan fingerprint density at radius 3 is 1.48 bits per heavy atom. The summed E-state index contributed by atoms with van der Waals surface area (Å²) in [6, 6.07) is -0.881. The molecule has 3 unspecified atom stereocenters. The fourth-order valence-electron chi connectivity index (χ4n) is 6.13. The first kappa shape index (κ1) is 59.2. The van der Waals surface area contributed by atoms with E-state index >= 15 is 0 Å². The van der Waals surface area contributed by atoms with E-state index in [4.69, 9.17) is 9.05 Å². The fraction of sp³-hybridized carbons (Fsp3) is 0.642. The lowest BCUT2D eigenvalue weighted by atomic mass is 10.1. The molecule has 0 aromatic carbocycles. The van der Waals surface area contributed by atoms with Crippen molar-refractivity contribution < 1.29 is 32.9 Å². The minimum atomic E-state index is -4.36. The van der Waals surface area contributed by atoms with E-state index < -0.39 is 20.0 Å². The third-order valence-corrected chi connectivity index (χ3v) is 10.9. The summed E-state index contributed by atoms with van der Waals surface area (Å²) in [4.78, 5) is 23.2. The van der Waals surface area contributed by atoms with Crippen LogP contribution >= 0.6 is 7.82 Å². The molecule has 0 bridgehead atoms. The van der Waals surface area contributed by atoms with E-state index in [-0.39, 0.29) is 19.1 Å². The number of likely N-dealkylation sites (N-methyl/N-ethyl adjacent to an activating group) is 1. The summed E-state index contributed by atoms with van der Waals surface area (Å²) >= 11 is 0. The van der Waals surface area contributed by atoms with Gasteiger partial charge in [-0.1, -0.05) is 175 Å². The number of hydrogen-bond donors (Lipinski definition) is 3. The molecule has 0 saturated carbocycles. The quantitative estimate of drug-likeness (QED) is 0.0244. The largest absolute Gasteiger partial charge is 0.472 e. The van der Waals surface area contributed by atoms with Crippen molar-refractivity contribution in [1.82, 2.24) is 5.32 Å². The van der Waals surface area contributed by atoms with Gasteiger partial charge in [0.15, 0.2) is 0 Å². The van der Waals surface area contributed by atoms with Gasteiger partial charge in [0, 0.05) is 6.42 Å². The molecule has 0 radical (unpaired) electrons. The van der Waals surface area contributed by atoms with Crippen LogP contribution in [0.3, 0.4) is 0 Å². The highest BCUT2D eigenvalue weighted by Gasteiger charge is 2.27. The Morgan fingerprint density at radius 1 is 0.565 bits per heavy atom. The lowest BCUT2D eigenvalue weighted by Crippen LogP contribution is -2.45. The number of amides is 1. The molecule has 0 aromatic rings. The molecule has 0 aliphatic heterocycles. The first-order valence-electron chi connectivity index (χ1n) is 24.3. The highest BCUT2D eigenvalue weighted by Crippen LogP contribution is 2.43. The van der Waals surface area contributed by atoms with Crippen molar-refractivity contribution in [3.63, 3.8) is 0 Å². The summed E-state index contributed by atoms with van der Waals surface area (Å²) in [5, 5.41) is 13.8. The molecule has 0 fully saturated rings. The van der Waals surface area contributed by atoms with Crippen LogP contribution in [0.5, 0.6) is 0 Å². The van der Waals surface area contributed by atoms with Gasteiger partial charge >= 0.3 is 7.82 Å². The molecule has 3 N–H and O–H groups in total. The minimum Gasteiger partial charge on any atom is -0.387 e. The van der Waals surface area contributed by atoms with Crippen LogP contribution in [-0.4, -0.2) is 73.4 Å². The molecule has 0 aliphatic carbocycles. The zero-order valence-electron chi connectivity index (χ0n) is 40.1. The SMILES string of the molecule is CC/C=C\C/C=C\C/C=C\C/C=C\C/C=C\C/C=C\CCCCCCCCCCC(=O)NC(COP(=O)(O)OCC[N+](C)(C)C)C(O)/C=C/CC/C=C/CC/C=C/CCCCC. The van der Waals surface area contributed by atoms with Crippen LogP contribution in [0.4, 0.5) is 0 Å². The maximum absolute atomic E-state index is 12.9. The maximum Gasteiger partial charge on any atom is 0.472 e. The van der Waals surface area contributed by atoms with Crippen LogP contribution in [0.25, 0.3) is 0 Å². The van der Waals surface area contributed by atoms with Crippen molar-refractivity contribution in [1.29, 1.82) is 0 Å². The first-order valence-corrected chi connectivity index (χ1v) is 25.8. The molecule has 0 heterocycles. The number of unbranched alkanes of at least 4 members (excludes halogenated alkanes) is 13. The summed E-state index contributed by atoms with van der Waals surface area (Å²) in [7, 11) is 1.52. The van der Waals surface area contributed by atoms with Crippen LogP contribution < -0.4 is 5.32 Å².